The average Bonchev–Trinajstić information content (AvgIpc) is 1.81. The molecule has 0 unspecified atom stereocenters. The van der Waals surface area contributed by atoms with Gasteiger partial charge in [-0.1, -0.05) is 52.4 Å². The smallest absolute Gasteiger partial charge is 1.00 e. The van der Waals surface area contributed by atoms with Gasteiger partial charge in [0.25, 0.3) is 0 Å². The molecule has 1 heteroatoms. The van der Waals surface area contributed by atoms with E-state index in [1.807, 2.05) is 0 Å². The van der Waals surface area contributed by atoms with Crippen LogP contribution in [0.25, 0.3) is 0 Å². The first-order valence-electron chi connectivity index (χ1n) is 3.91. The second kappa shape index (κ2) is 11.4. The van der Waals surface area contributed by atoms with Crippen molar-refractivity contribution in [3.05, 3.63) is 0 Å². The van der Waals surface area contributed by atoms with Crippen LogP contribution >= 0.6 is 0 Å². The predicted octanol–water partition coefficient (Wildman–Crippen LogP) is 0.483. The van der Waals surface area contributed by atoms with Gasteiger partial charge in [0, 0.05) is 0 Å². The second-order valence-corrected chi connectivity index (χ2v) is 2.41. The standard InChI is InChI=1S/C8H18.Li.H/c1-3-5-7-8-6-4-2;;/h3-8H2,1-2H3;;/q;+1;-1. The summed E-state index contributed by atoms with van der Waals surface area (Å²) in [6.45, 7) is 4.51. The summed E-state index contributed by atoms with van der Waals surface area (Å²) in [5.41, 5.74) is 0. The minimum absolute atomic E-state index is 0. The summed E-state index contributed by atoms with van der Waals surface area (Å²) in [7, 11) is 0. The van der Waals surface area contributed by atoms with E-state index >= 15 is 0 Å². The molecule has 52 valence electrons. The molecular weight excluding hydrogens is 103 g/mol. The average molecular weight is 122 g/mol. The van der Waals surface area contributed by atoms with E-state index in [9.17, 15) is 0 Å². The fourth-order valence-corrected chi connectivity index (χ4v) is 0.854. The molecule has 0 aliphatic rings. The van der Waals surface area contributed by atoms with Gasteiger partial charge in [-0.2, -0.15) is 0 Å². The molecule has 0 aromatic heterocycles. The molecule has 0 aromatic rings. The van der Waals surface area contributed by atoms with E-state index in [-0.39, 0.29) is 20.3 Å². The van der Waals surface area contributed by atoms with E-state index < -0.39 is 0 Å². The summed E-state index contributed by atoms with van der Waals surface area (Å²) in [5.74, 6) is 0. The molecule has 0 radical (unpaired) electrons. The molecular formula is C8H19Li. The number of unbranched alkanes of at least 4 members (excludes halogenated alkanes) is 5. The van der Waals surface area contributed by atoms with Crippen molar-refractivity contribution in [3.63, 3.8) is 0 Å². The van der Waals surface area contributed by atoms with E-state index in [0.29, 0.717) is 0 Å². The topological polar surface area (TPSA) is 0 Å². The van der Waals surface area contributed by atoms with Crippen LogP contribution in [-0.4, -0.2) is 0 Å². The third-order valence-electron chi connectivity index (χ3n) is 1.46. The maximum absolute atomic E-state index is 2.26. The Hall–Kier alpha value is 0.597. The molecule has 0 amide bonds. The van der Waals surface area contributed by atoms with Gasteiger partial charge in [0.15, 0.2) is 0 Å². The minimum atomic E-state index is 0. The first-order valence-corrected chi connectivity index (χ1v) is 3.91. The quantitative estimate of drug-likeness (QED) is 0.367. The zero-order valence-electron chi connectivity index (χ0n) is 8.24. The Morgan fingerprint density at radius 2 is 1.11 bits per heavy atom. The van der Waals surface area contributed by atoms with Gasteiger partial charge in [-0.15, -0.1) is 0 Å². The summed E-state index contributed by atoms with van der Waals surface area (Å²) in [6, 6.07) is 0. The molecule has 0 aliphatic heterocycles. The molecule has 0 saturated heterocycles. The van der Waals surface area contributed by atoms with Crippen LogP contribution in [0, 0.1) is 0 Å². The number of rotatable bonds is 5. The normalized spacial score (nSPS) is 8.67. The van der Waals surface area contributed by atoms with Crippen molar-refractivity contribution >= 4 is 0 Å². The van der Waals surface area contributed by atoms with Crippen LogP contribution in [-0.2, 0) is 0 Å². The molecule has 9 heavy (non-hydrogen) atoms. The summed E-state index contributed by atoms with van der Waals surface area (Å²) in [6.07, 6.45) is 8.49. The number of hydrogen-bond acceptors (Lipinski definition) is 0. The van der Waals surface area contributed by atoms with Gasteiger partial charge < -0.3 is 1.43 Å². The van der Waals surface area contributed by atoms with Gasteiger partial charge in [-0.05, 0) is 0 Å². The van der Waals surface area contributed by atoms with Crippen LogP contribution in [0.4, 0.5) is 0 Å². The summed E-state index contributed by atoms with van der Waals surface area (Å²) < 4.78 is 0. The number of hydrogen-bond donors (Lipinski definition) is 0. The van der Waals surface area contributed by atoms with E-state index in [1.165, 1.54) is 38.5 Å². The van der Waals surface area contributed by atoms with E-state index in [4.69, 9.17) is 0 Å². The van der Waals surface area contributed by atoms with Crippen molar-refractivity contribution in [2.45, 2.75) is 52.4 Å². The van der Waals surface area contributed by atoms with E-state index in [0.717, 1.165) is 0 Å². The third kappa shape index (κ3) is 11.9. The van der Waals surface area contributed by atoms with Crippen LogP contribution in [0.2, 0.25) is 0 Å². The molecule has 0 fully saturated rings. The van der Waals surface area contributed by atoms with Crippen molar-refractivity contribution in [2.24, 2.45) is 0 Å². The van der Waals surface area contributed by atoms with Crippen LogP contribution in [0.15, 0.2) is 0 Å². The van der Waals surface area contributed by atoms with Crippen molar-refractivity contribution < 1.29 is 20.3 Å². The monoisotopic (exact) mass is 122 g/mol. The summed E-state index contributed by atoms with van der Waals surface area (Å²) in [5, 5.41) is 0. The van der Waals surface area contributed by atoms with E-state index in [1.54, 1.807) is 0 Å². The fourth-order valence-electron chi connectivity index (χ4n) is 0.854. The van der Waals surface area contributed by atoms with Gasteiger partial charge in [0.05, 0.1) is 0 Å². The summed E-state index contributed by atoms with van der Waals surface area (Å²) in [4.78, 5) is 0. The maximum atomic E-state index is 2.26. The molecule has 0 aliphatic carbocycles. The Kier molecular flexibility index (Phi) is 15.6. The van der Waals surface area contributed by atoms with Crippen molar-refractivity contribution in [3.8, 4) is 0 Å². The zero-order chi connectivity index (χ0) is 6.24. The molecule has 0 spiro atoms. The van der Waals surface area contributed by atoms with Crippen LogP contribution < -0.4 is 18.9 Å². The van der Waals surface area contributed by atoms with Crippen molar-refractivity contribution in [1.29, 1.82) is 0 Å². The Bertz CT molecular complexity index is 34.2. The van der Waals surface area contributed by atoms with Crippen LogP contribution in [0.3, 0.4) is 0 Å². The first kappa shape index (κ1) is 12.3. The van der Waals surface area contributed by atoms with Crippen molar-refractivity contribution in [2.75, 3.05) is 0 Å². The van der Waals surface area contributed by atoms with Gasteiger partial charge in [-0.3, -0.25) is 0 Å². The van der Waals surface area contributed by atoms with Crippen LogP contribution in [0.1, 0.15) is 53.8 Å². The molecule has 0 bridgehead atoms. The zero-order valence-corrected chi connectivity index (χ0v) is 7.24. The summed E-state index contributed by atoms with van der Waals surface area (Å²) >= 11 is 0. The molecule has 0 nitrogen and oxygen atoms in total. The van der Waals surface area contributed by atoms with Gasteiger partial charge in [-0.25, -0.2) is 0 Å². The first-order chi connectivity index (χ1) is 3.91. The molecule has 0 heterocycles. The molecule has 0 atom stereocenters. The third-order valence-corrected chi connectivity index (χ3v) is 1.46. The van der Waals surface area contributed by atoms with Crippen LogP contribution in [0.5, 0.6) is 0 Å². The van der Waals surface area contributed by atoms with E-state index in [2.05, 4.69) is 13.8 Å². The maximum Gasteiger partial charge on any atom is 1.00 e. The van der Waals surface area contributed by atoms with Gasteiger partial charge in [0.1, 0.15) is 0 Å². The Morgan fingerprint density at radius 1 is 0.778 bits per heavy atom. The SMILES string of the molecule is CCCCCCCC.[H-].[Li+]. The largest absolute Gasteiger partial charge is 1.00 e. The van der Waals surface area contributed by atoms with Gasteiger partial charge >= 0.3 is 18.9 Å². The molecule has 0 N–H and O–H groups in total. The van der Waals surface area contributed by atoms with Crippen molar-refractivity contribution in [1.82, 2.24) is 0 Å². The molecule has 0 rings (SSSR count). The Balaban J connectivity index is -0.000000245. The molecule has 0 saturated carbocycles. The Morgan fingerprint density at radius 3 is 1.33 bits per heavy atom. The van der Waals surface area contributed by atoms with Gasteiger partial charge in [0.2, 0.25) is 0 Å². The Labute approximate surface area is 73.1 Å². The predicted molar refractivity (Wildman–Crippen MR) is 40.2 cm³/mol. The minimum Gasteiger partial charge on any atom is -1.00 e. The second-order valence-electron chi connectivity index (χ2n) is 2.41. The molecule has 0 aromatic carbocycles. The fraction of sp³-hybridized carbons (Fsp3) is 1.00.